The molecule has 0 saturated heterocycles. The number of thioether (sulfide) groups is 1. The number of benzene rings is 1. The summed E-state index contributed by atoms with van der Waals surface area (Å²) in [7, 11) is 0. The maximum absolute atomic E-state index is 6.32. The molecule has 2 rings (SSSR count). The van der Waals surface area contributed by atoms with Crippen LogP contribution in [0, 0.1) is 6.92 Å². The molecule has 2 aromatic rings. The third-order valence-electron chi connectivity index (χ3n) is 3.17. The standard InChI is InChI=1S/C15H19BrClN3S/c1-3-20-14(15(17)10(2)19-20)8-12(18)9-21-13-6-4-5-11(16)7-13/h4-7,12H,3,8-9,18H2,1-2H3. The van der Waals surface area contributed by atoms with Crippen LogP contribution in [0.15, 0.2) is 33.6 Å². The van der Waals surface area contributed by atoms with Gasteiger partial charge in [0.15, 0.2) is 0 Å². The molecule has 1 heterocycles. The molecule has 0 aliphatic carbocycles. The summed E-state index contributed by atoms with van der Waals surface area (Å²) < 4.78 is 3.03. The van der Waals surface area contributed by atoms with Crippen molar-refractivity contribution in [3.8, 4) is 0 Å². The molecule has 0 spiro atoms. The lowest BCUT2D eigenvalue weighted by Gasteiger charge is -2.13. The van der Waals surface area contributed by atoms with Crippen molar-refractivity contribution in [2.75, 3.05) is 5.75 Å². The van der Waals surface area contributed by atoms with Crippen LogP contribution in [0.5, 0.6) is 0 Å². The van der Waals surface area contributed by atoms with E-state index in [1.165, 1.54) is 4.90 Å². The number of hydrogen-bond donors (Lipinski definition) is 1. The maximum Gasteiger partial charge on any atom is 0.0847 e. The number of halogens is 2. The smallest absolute Gasteiger partial charge is 0.0847 e. The Morgan fingerprint density at radius 1 is 1.48 bits per heavy atom. The predicted molar refractivity (Wildman–Crippen MR) is 94.2 cm³/mol. The molecule has 0 amide bonds. The number of aryl methyl sites for hydroxylation is 2. The largest absolute Gasteiger partial charge is 0.327 e. The molecule has 0 radical (unpaired) electrons. The van der Waals surface area contributed by atoms with Gasteiger partial charge in [0.25, 0.3) is 0 Å². The average Bonchev–Trinajstić information content (AvgIpc) is 2.73. The van der Waals surface area contributed by atoms with Gasteiger partial charge in [-0.2, -0.15) is 5.10 Å². The van der Waals surface area contributed by atoms with Crippen molar-refractivity contribution in [2.45, 2.75) is 37.8 Å². The van der Waals surface area contributed by atoms with E-state index in [1.54, 1.807) is 11.8 Å². The van der Waals surface area contributed by atoms with Gasteiger partial charge in [0.1, 0.15) is 0 Å². The molecule has 0 saturated carbocycles. The average molecular weight is 389 g/mol. The Morgan fingerprint density at radius 2 is 2.24 bits per heavy atom. The van der Waals surface area contributed by atoms with Gasteiger partial charge < -0.3 is 5.73 Å². The fourth-order valence-electron chi connectivity index (χ4n) is 2.13. The van der Waals surface area contributed by atoms with Crippen LogP contribution in [-0.4, -0.2) is 21.6 Å². The van der Waals surface area contributed by atoms with Crippen LogP contribution in [0.4, 0.5) is 0 Å². The minimum absolute atomic E-state index is 0.0490. The molecule has 6 heteroatoms. The SMILES string of the molecule is CCn1nc(C)c(Cl)c1CC(N)CSc1cccc(Br)c1. The van der Waals surface area contributed by atoms with Gasteiger partial charge in [0, 0.05) is 34.1 Å². The van der Waals surface area contributed by atoms with E-state index >= 15 is 0 Å². The summed E-state index contributed by atoms with van der Waals surface area (Å²) >= 11 is 11.6. The first kappa shape index (κ1) is 16.9. The van der Waals surface area contributed by atoms with E-state index in [4.69, 9.17) is 17.3 Å². The molecule has 0 aliphatic rings. The second kappa shape index (κ2) is 7.68. The Hall–Kier alpha value is -0.490. The van der Waals surface area contributed by atoms with Crippen LogP contribution in [-0.2, 0) is 13.0 Å². The first-order chi connectivity index (χ1) is 10.0. The van der Waals surface area contributed by atoms with Crippen LogP contribution >= 0.6 is 39.3 Å². The lowest BCUT2D eigenvalue weighted by molar-refractivity contribution is 0.594. The van der Waals surface area contributed by atoms with E-state index in [0.717, 1.165) is 39.6 Å². The molecule has 21 heavy (non-hydrogen) atoms. The van der Waals surface area contributed by atoms with E-state index < -0.39 is 0 Å². The molecule has 114 valence electrons. The molecule has 2 N–H and O–H groups in total. The zero-order valence-electron chi connectivity index (χ0n) is 12.1. The van der Waals surface area contributed by atoms with Crippen molar-refractivity contribution in [3.63, 3.8) is 0 Å². The molecule has 1 atom stereocenters. The third kappa shape index (κ3) is 4.49. The van der Waals surface area contributed by atoms with Crippen molar-refractivity contribution >= 4 is 39.3 Å². The molecule has 1 aromatic carbocycles. The van der Waals surface area contributed by atoms with Gasteiger partial charge in [-0.05, 0) is 32.0 Å². The highest BCUT2D eigenvalue weighted by atomic mass is 79.9. The van der Waals surface area contributed by atoms with Crippen molar-refractivity contribution in [1.29, 1.82) is 0 Å². The van der Waals surface area contributed by atoms with Gasteiger partial charge in [-0.1, -0.05) is 33.6 Å². The number of nitrogens with zero attached hydrogens (tertiary/aromatic N) is 2. The Labute approximate surface area is 143 Å². The van der Waals surface area contributed by atoms with E-state index in [2.05, 4.69) is 40.1 Å². The molecule has 1 aromatic heterocycles. The summed E-state index contributed by atoms with van der Waals surface area (Å²) in [5, 5.41) is 5.18. The lowest BCUT2D eigenvalue weighted by atomic mass is 10.2. The van der Waals surface area contributed by atoms with Crippen molar-refractivity contribution in [3.05, 3.63) is 45.1 Å². The second-order valence-corrected chi connectivity index (χ2v) is 7.28. The van der Waals surface area contributed by atoms with Gasteiger partial charge in [-0.3, -0.25) is 4.68 Å². The highest BCUT2D eigenvalue weighted by Gasteiger charge is 2.15. The van der Waals surface area contributed by atoms with Crippen molar-refractivity contribution in [1.82, 2.24) is 9.78 Å². The second-order valence-electron chi connectivity index (χ2n) is 4.89. The van der Waals surface area contributed by atoms with E-state index in [0.29, 0.717) is 0 Å². The summed E-state index contributed by atoms with van der Waals surface area (Å²) in [6, 6.07) is 8.30. The molecule has 1 unspecified atom stereocenters. The highest BCUT2D eigenvalue weighted by molar-refractivity contribution is 9.10. The summed E-state index contributed by atoms with van der Waals surface area (Å²) in [4.78, 5) is 1.21. The molecule has 0 bridgehead atoms. The van der Waals surface area contributed by atoms with Crippen LogP contribution in [0.1, 0.15) is 18.3 Å². The molecule has 0 aliphatic heterocycles. The Morgan fingerprint density at radius 3 is 2.90 bits per heavy atom. The number of rotatable bonds is 6. The topological polar surface area (TPSA) is 43.8 Å². The van der Waals surface area contributed by atoms with E-state index in [1.807, 2.05) is 23.7 Å². The van der Waals surface area contributed by atoms with E-state index in [9.17, 15) is 0 Å². The van der Waals surface area contributed by atoms with Crippen molar-refractivity contribution < 1.29 is 0 Å². The number of hydrogen-bond acceptors (Lipinski definition) is 3. The zero-order valence-corrected chi connectivity index (χ0v) is 15.3. The summed E-state index contributed by atoms with van der Waals surface area (Å²) in [5.74, 6) is 0.848. The first-order valence-corrected chi connectivity index (χ1v) is 9.02. The Kier molecular flexibility index (Phi) is 6.17. The lowest BCUT2D eigenvalue weighted by Crippen LogP contribution is -2.27. The normalized spacial score (nSPS) is 12.6. The quantitative estimate of drug-likeness (QED) is 0.751. The van der Waals surface area contributed by atoms with Gasteiger partial charge in [0.05, 0.1) is 16.4 Å². The molecular weight excluding hydrogens is 370 g/mol. The maximum atomic E-state index is 6.32. The fraction of sp³-hybridized carbons (Fsp3) is 0.400. The summed E-state index contributed by atoms with van der Waals surface area (Å²) in [6.07, 6.45) is 0.745. The summed E-state index contributed by atoms with van der Waals surface area (Å²) in [5.41, 5.74) is 8.18. The van der Waals surface area contributed by atoms with Crippen LogP contribution in [0.25, 0.3) is 0 Å². The molecule has 0 fully saturated rings. The van der Waals surface area contributed by atoms with Crippen LogP contribution in [0.3, 0.4) is 0 Å². The Bertz CT molecular complexity index is 615. The van der Waals surface area contributed by atoms with Gasteiger partial charge in [0.2, 0.25) is 0 Å². The minimum Gasteiger partial charge on any atom is -0.327 e. The molecule has 3 nitrogen and oxygen atoms in total. The molecular formula is C15H19BrClN3S. The third-order valence-corrected chi connectivity index (χ3v) is 5.34. The fourth-order valence-corrected chi connectivity index (χ4v) is 3.80. The van der Waals surface area contributed by atoms with E-state index in [-0.39, 0.29) is 6.04 Å². The summed E-state index contributed by atoms with van der Waals surface area (Å²) in [6.45, 7) is 4.81. The first-order valence-electron chi connectivity index (χ1n) is 6.87. The monoisotopic (exact) mass is 387 g/mol. The van der Waals surface area contributed by atoms with Gasteiger partial charge >= 0.3 is 0 Å². The predicted octanol–water partition coefficient (Wildman–Crippen LogP) is 4.29. The Balaban J connectivity index is 1.97. The van der Waals surface area contributed by atoms with Gasteiger partial charge in [-0.25, -0.2) is 0 Å². The zero-order chi connectivity index (χ0) is 15.4. The highest BCUT2D eigenvalue weighted by Crippen LogP contribution is 2.25. The van der Waals surface area contributed by atoms with Crippen LogP contribution in [0.2, 0.25) is 5.02 Å². The minimum atomic E-state index is 0.0490. The number of nitrogens with two attached hydrogens (primary N) is 1. The van der Waals surface area contributed by atoms with Crippen LogP contribution < -0.4 is 5.73 Å². The van der Waals surface area contributed by atoms with Gasteiger partial charge in [-0.15, -0.1) is 11.8 Å². The number of aromatic nitrogens is 2. The van der Waals surface area contributed by atoms with Crippen molar-refractivity contribution in [2.24, 2.45) is 5.73 Å².